The predicted molar refractivity (Wildman–Crippen MR) is 77.7 cm³/mol. The lowest BCUT2D eigenvalue weighted by molar-refractivity contribution is -0.118. The van der Waals surface area contributed by atoms with E-state index in [0.717, 1.165) is 24.1 Å². The van der Waals surface area contributed by atoms with Gasteiger partial charge in [-0.05, 0) is 35.4 Å². The Labute approximate surface area is 125 Å². The Bertz CT molecular complexity index is 708. The van der Waals surface area contributed by atoms with Crippen molar-refractivity contribution in [3.05, 3.63) is 24.3 Å². The molecule has 3 amide bonds. The van der Waals surface area contributed by atoms with E-state index < -0.39 is 11.9 Å². The second kappa shape index (κ2) is 5.80. The summed E-state index contributed by atoms with van der Waals surface area (Å²) in [6, 6.07) is 6.91. The molecule has 3 rings (SSSR count). The molecule has 0 aliphatic heterocycles. The van der Waals surface area contributed by atoms with Gasteiger partial charge in [-0.3, -0.25) is 10.1 Å². The Hall–Kier alpha value is -2.97. The van der Waals surface area contributed by atoms with Crippen molar-refractivity contribution >= 4 is 17.6 Å². The monoisotopic (exact) mass is 301 g/mol. The Morgan fingerprint density at radius 1 is 1.36 bits per heavy atom. The Morgan fingerprint density at radius 3 is 2.91 bits per heavy atom. The maximum Gasteiger partial charge on any atom is 0.318 e. The van der Waals surface area contributed by atoms with Crippen molar-refractivity contribution in [2.75, 3.05) is 11.9 Å². The van der Waals surface area contributed by atoms with Gasteiger partial charge in [0.15, 0.2) is 5.82 Å². The largest absolute Gasteiger partial charge is 0.376 e. The zero-order valence-electron chi connectivity index (χ0n) is 11.7. The number of rotatable bonds is 5. The molecule has 1 heterocycles. The fourth-order valence-electron chi connectivity index (χ4n) is 2.08. The van der Waals surface area contributed by atoms with Crippen molar-refractivity contribution in [1.29, 1.82) is 0 Å². The highest BCUT2D eigenvalue weighted by Crippen LogP contribution is 2.36. The smallest absolute Gasteiger partial charge is 0.318 e. The van der Waals surface area contributed by atoms with E-state index in [2.05, 4.69) is 20.8 Å². The lowest BCUT2D eigenvalue weighted by atomic mass is 10.2. The molecule has 0 radical (unpaired) electrons. The minimum absolute atomic E-state index is 0.0556. The number of amides is 3. The number of tetrazole rings is 1. The van der Waals surface area contributed by atoms with Crippen molar-refractivity contribution in [3.8, 4) is 11.4 Å². The second-order valence-corrected chi connectivity index (χ2v) is 5.03. The molecule has 114 valence electrons. The quantitative estimate of drug-likeness (QED) is 0.727. The summed E-state index contributed by atoms with van der Waals surface area (Å²) in [6.45, 7) is -0.0556. The van der Waals surface area contributed by atoms with Crippen LogP contribution in [-0.4, -0.2) is 38.7 Å². The third-order valence-corrected chi connectivity index (χ3v) is 3.22. The number of benzene rings is 1. The molecule has 0 unspecified atom stereocenters. The van der Waals surface area contributed by atoms with Crippen LogP contribution in [-0.2, 0) is 4.79 Å². The van der Waals surface area contributed by atoms with Gasteiger partial charge in [-0.1, -0.05) is 12.1 Å². The highest BCUT2D eigenvalue weighted by Gasteiger charge is 2.28. The Kier molecular flexibility index (Phi) is 3.69. The minimum atomic E-state index is -0.871. The lowest BCUT2D eigenvalue weighted by Gasteiger charge is -2.08. The van der Waals surface area contributed by atoms with Crippen LogP contribution in [0.2, 0.25) is 0 Å². The third-order valence-electron chi connectivity index (χ3n) is 3.22. The second-order valence-electron chi connectivity index (χ2n) is 5.03. The van der Waals surface area contributed by atoms with E-state index in [1.54, 1.807) is 0 Å². The average molecular weight is 301 g/mol. The van der Waals surface area contributed by atoms with Crippen LogP contribution in [0.25, 0.3) is 11.4 Å². The van der Waals surface area contributed by atoms with E-state index in [9.17, 15) is 9.59 Å². The van der Waals surface area contributed by atoms with Gasteiger partial charge in [0.25, 0.3) is 0 Å². The standard InChI is InChI=1S/C13H15N7O2/c14-13(22)16-11(21)7-15-9-3-1-2-8(6-9)12-17-18-19-20(12)10-4-5-10/h1-3,6,10,15H,4-5,7H2,(H3,14,16,21,22). The summed E-state index contributed by atoms with van der Waals surface area (Å²) in [5.41, 5.74) is 6.46. The van der Waals surface area contributed by atoms with E-state index in [0.29, 0.717) is 11.9 Å². The molecular formula is C13H15N7O2. The SMILES string of the molecule is NC(=O)NC(=O)CNc1cccc(-c2nnnn2C2CC2)c1. The van der Waals surface area contributed by atoms with Gasteiger partial charge < -0.3 is 11.1 Å². The summed E-state index contributed by atoms with van der Waals surface area (Å²) in [4.78, 5) is 22.0. The van der Waals surface area contributed by atoms with Crippen LogP contribution in [0.4, 0.5) is 10.5 Å². The van der Waals surface area contributed by atoms with Crippen molar-refractivity contribution in [2.45, 2.75) is 18.9 Å². The van der Waals surface area contributed by atoms with Crippen LogP contribution < -0.4 is 16.4 Å². The van der Waals surface area contributed by atoms with Gasteiger partial charge in [-0.15, -0.1) is 5.10 Å². The number of carbonyl (C=O) groups excluding carboxylic acids is 2. The van der Waals surface area contributed by atoms with Gasteiger partial charge in [0.2, 0.25) is 5.91 Å². The lowest BCUT2D eigenvalue weighted by Crippen LogP contribution is -2.38. The Morgan fingerprint density at radius 2 is 2.18 bits per heavy atom. The zero-order valence-corrected chi connectivity index (χ0v) is 11.7. The minimum Gasteiger partial charge on any atom is -0.376 e. The van der Waals surface area contributed by atoms with Gasteiger partial charge >= 0.3 is 6.03 Å². The van der Waals surface area contributed by atoms with Crippen LogP contribution in [0.1, 0.15) is 18.9 Å². The number of anilines is 1. The summed E-state index contributed by atoms with van der Waals surface area (Å²) in [5.74, 6) is 0.202. The first-order valence-electron chi connectivity index (χ1n) is 6.85. The number of imide groups is 1. The van der Waals surface area contributed by atoms with Crippen molar-refractivity contribution in [1.82, 2.24) is 25.5 Å². The molecule has 1 aliphatic rings. The molecule has 1 aromatic heterocycles. The molecule has 0 bridgehead atoms. The maximum absolute atomic E-state index is 11.4. The first-order valence-corrected chi connectivity index (χ1v) is 6.85. The normalized spacial score (nSPS) is 13.6. The number of nitrogens with one attached hydrogen (secondary N) is 2. The first kappa shape index (κ1) is 14.0. The molecule has 0 saturated heterocycles. The number of urea groups is 1. The van der Waals surface area contributed by atoms with Gasteiger partial charge in [0.05, 0.1) is 12.6 Å². The molecule has 2 aromatic rings. The molecule has 1 aliphatic carbocycles. The molecule has 1 aromatic carbocycles. The average Bonchev–Trinajstić information content (AvgIpc) is 3.22. The summed E-state index contributed by atoms with van der Waals surface area (Å²) < 4.78 is 1.82. The van der Waals surface area contributed by atoms with E-state index in [1.807, 2.05) is 34.3 Å². The topological polar surface area (TPSA) is 128 Å². The summed E-state index contributed by atoms with van der Waals surface area (Å²) in [6.07, 6.45) is 2.17. The van der Waals surface area contributed by atoms with Gasteiger partial charge in [-0.25, -0.2) is 9.48 Å². The highest BCUT2D eigenvalue weighted by molar-refractivity contribution is 5.95. The number of hydrogen-bond acceptors (Lipinski definition) is 6. The third kappa shape index (κ3) is 3.19. The molecule has 1 saturated carbocycles. The molecule has 1 fully saturated rings. The van der Waals surface area contributed by atoms with Gasteiger partial charge in [0, 0.05) is 11.3 Å². The summed E-state index contributed by atoms with van der Waals surface area (Å²) >= 11 is 0. The number of hydrogen-bond donors (Lipinski definition) is 3. The number of primary amides is 1. The number of nitrogens with two attached hydrogens (primary N) is 1. The Balaban J connectivity index is 1.71. The molecule has 9 nitrogen and oxygen atoms in total. The molecule has 22 heavy (non-hydrogen) atoms. The van der Waals surface area contributed by atoms with Crippen LogP contribution in [0.5, 0.6) is 0 Å². The van der Waals surface area contributed by atoms with Crippen molar-refractivity contribution < 1.29 is 9.59 Å². The van der Waals surface area contributed by atoms with E-state index >= 15 is 0 Å². The summed E-state index contributed by atoms with van der Waals surface area (Å²) in [7, 11) is 0. The number of aromatic nitrogens is 4. The molecule has 0 spiro atoms. The molecule has 0 atom stereocenters. The fraction of sp³-hybridized carbons (Fsp3) is 0.308. The van der Waals surface area contributed by atoms with Crippen LogP contribution in [0, 0.1) is 0 Å². The summed E-state index contributed by atoms with van der Waals surface area (Å²) in [5, 5.41) is 16.7. The van der Waals surface area contributed by atoms with E-state index in [1.165, 1.54) is 0 Å². The zero-order chi connectivity index (χ0) is 15.5. The fourth-order valence-corrected chi connectivity index (χ4v) is 2.08. The van der Waals surface area contributed by atoms with Crippen LogP contribution >= 0.6 is 0 Å². The number of carbonyl (C=O) groups is 2. The molecular weight excluding hydrogens is 286 g/mol. The van der Waals surface area contributed by atoms with E-state index in [4.69, 9.17) is 5.73 Å². The first-order chi connectivity index (χ1) is 10.6. The van der Waals surface area contributed by atoms with Crippen molar-refractivity contribution in [2.24, 2.45) is 5.73 Å². The molecule has 4 N–H and O–H groups in total. The van der Waals surface area contributed by atoms with Crippen LogP contribution in [0.3, 0.4) is 0 Å². The predicted octanol–water partition coefficient (Wildman–Crippen LogP) is 0.282. The van der Waals surface area contributed by atoms with Crippen molar-refractivity contribution in [3.63, 3.8) is 0 Å². The van der Waals surface area contributed by atoms with Gasteiger partial charge in [0.1, 0.15) is 0 Å². The van der Waals surface area contributed by atoms with Crippen LogP contribution in [0.15, 0.2) is 24.3 Å². The van der Waals surface area contributed by atoms with Gasteiger partial charge in [-0.2, -0.15) is 0 Å². The van der Waals surface area contributed by atoms with E-state index in [-0.39, 0.29) is 6.54 Å². The highest BCUT2D eigenvalue weighted by atomic mass is 16.2. The maximum atomic E-state index is 11.4. The number of nitrogens with zero attached hydrogens (tertiary/aromatic N) is 4. The molecule has 9 heteroatoms.